The topological polar surface area (TPSA) is 9.23 Å². The largest absolute Gasteiger partial charge is 0.456 e. The molecule has 0 unspecified atom stereocenters. The fourth-order valence-electron chi connectivity index (χ4n) is 7.31. The van der Waals surface area contributed by atoms with Crippen molar-refractivity contribution in [1.29, 1.82) is 0 Å². The molecule has 0 bridgehead atoms. The Hall–Kier alpha value is -5.14. The fourth-order valence-corrected chi connectivity index (χ4v) is 7.31. The van der Waals surface area contributed by atoms with E-state index in [1.807, 2.05) is 0 Å². The summed E-state index contributed by atoms with van der Waals surface area (Å²) >= 11 is 0. The Bertz CT molecular complexity index is 2240. The van der Waals surface area contributed by atoms with Crippen molar-refractivity contribution in [3.63, 3.8) is 0 Å². The summed E-state index contributed by atoms with van der Waals surface area (Å²) in [7, 11) is 0. The van der Waals surface area contributed by atoms with Crippen LogP contribution in [-0.4, -0.2) is 0 Å². The second-order valence-electron chi connectivity index (χ2n) is 12.1. The van der Waals surface area contributed by atoms with E-state index in [1.165, 1.54) is 71.6 Å². The maximum absolute atomic E-state index is 6.51. The zero-order chi connectivity index (χ0) is 28.0. The van der Waals surface area contributed by atoms with Crippen molar-refractivity contribution < 1.29 is 4.74 Å². The van der Waals surface area contributed by atoms with Crippen molar-refractivity contribution in [3.05, 3.63) is 145 Å². The van der Waals surface area contributed by atoms with Crippen molar-refractivity contribution in [2.75, 3.05) is 0 Å². The van der Waals surface area contributed by atoms with E-state index < -0.39 is 0 Å². The molecule has 1 aliphatic heterocycles. The molecule has 42 heavy (non-hydrogen) atoms. The lowest BCUT2D eigenvalue weighted by atomic mass is 9.82. The van der Waals surface area contributed by atoms with Gasteiger partial charge in [-0.1, -0.05) is 111 Å². The van der Waals surface area contributed by atoms with Gasteiger partial charge in [0, 0.05) is 16.4 Å². The van der Waals surface area contributed by atoms with E-state index in [9.17, 15) is 0 Å². The van der Waals surface area contributed by atoms with Gasteiger partial charge in [-0.2, -0.15) is 0 Å². The molecule has 0 radical (unpaired) electrons. The molecule has 0 saturated carbocycles. The molecule has 7 aromatic carbocycles. The van der Waals surface area contributed by atoms with Crippen LogP contribution in [0.15, 0.2) is 133 Å². The number of rotatable bonds is 2. The first-order chi connectivity index (χ1) is 20.6. The van der Waals surface area contributed by atoms with E-state index in [0.717, 1.165) is 17.1 Å². The minimum atomic E-state index is -0.00996. The van der Waals surface area contributed by atoms with Crippen LogP contribution in [0.5, 0.6) is 11.5 Å². The van der Waals surface area contributed by atoms with Crippen LogP contribution in [0.1, 0.15) is 25.0 Å². The summed E-state index contributed by atoms with van der Waals surface area (Å²) in [6.07, 6.45) is 0. The second kappa shape index (κ2) is 8.44. The first-order valence-corrected chi connectivity index (χ1v) is 14.7. The molecule has 0 spiro atoms. The zero-order valence-electron chi connectivity index (χ0n) is 23.6. The van der Waals surface area contributed by atoms with Gasteiger partial charge in [0.15, 0.2) is 0 Å². The average molecular weight is 537 g/mol. The molecule has 0 N–H and O–H groups in total. The summed E-state index contributed by atoms with van der Waals surface area (Å²) in [5.74, 6) is 1.83. The van der Waals surface area contributed by atoms with Gasteiger partial charge >= 0.3 is 0 Å². The van der Waals surface area contributed by atoms with Crippen molar-refractivity contribution >= 4 is 21.5 Å². The van der Waals surface area contributed by atoms with Gasteiger partial charge in [0.2, 0.25) is 0 Å². The standard InChI is InChI=1S/C41H28O/c1-41(2)36-14-7-6-11-31(36)34-22-28-16-15-26(21-29(28)24-37(34)41)27-17-19-38-35(23-27)33-13-8-12-32-30(25-9-4-3-5-10-25)18-20-39(42-38)40(32)33/h3-24H,1-2H3. The van der Waals surface area contributed by atoms with Crippen LogP contribution < -0.4 is 4.74 Å². The van der Waals surface area contributed by atoms with Crippen molar-refractivity contribution in [2.45, 2.75) is 19.3 Å². The number of benzene rings is 7. The number of hydrogen-bond donors (Lipinski definition) is 0. The van der Waals surface area contributed by atoms with Crippen LogP contribution in [-0.2, 0) is 5.41 Å². The predicted octanol–water partition coefficient (Wildman–Crippen LogP) is 11.4. The molecule has 7 aromatic rings. The zero-order valence-corrected chi connectivity index (χ0v) is 23.6. The first kappa shape index (κ1) is 23.6. The van der Waals surface area contributed by atoms with Crippen LogP contribution in [0.4, 0.5) is 0 Å². The van der Waals surface area contributed by atoms with Gasteiger partial charge in [-0.3, -0.25) is 0 Å². The molecule has 1 aliphatic carbocycles. The minimum absolute atomic E-state index is 0.00996. The maximum atomic E-state index is 6.51. The Morgan fingerprint density at radius 2 is 1.19 bits per heavy atom. The van der Waals surface area contributed by atoms with Gasteiger partial charge in [0.1, 0.15) is 11.5 Å². The highest BCUT2D eigenvalue weighted by Gasteiger charge is 2.35. The summed E-state index contributed by atoms with van der Waals surface area (Å²) in [6.45, 7) is 4.69. The van der Waals surface area contributed by atoms with Crippen molar-refractivity contribution in [1.82, 2.24) is 0 Å². The van der Waals surface area contributed by atoms with Crippen LogP contribution in [0.2, 0.25) is 0 Å². The highest BCUT2D eigenvalue weighted by atomic mass is 16.5. The third-order valence-electron chi connectivity index (χ3n) is 9.45. The SMILES string of the molecule is CC1(C)c2ccccc2-c2cc3ccc(-c4ccc5c(c4)-c4cccc6c(-c7ccccc7)ccc(c46)O5)cc3cc21. The number of hydrogen-bond acceptors (Lipinski definition) is 1. The summed E-state index contributed by atoms with van der Waals surface area (Å²) in [6, 6.07) is 48.7. The monoisotopic (exact) mass is 536 g/mol. The summed E-state index contributed by atoms with van der Waals surface area (Å²) in [4.78, 5) is 0. The molecule has 0 atom stereocenters. The number of ether oxygens (including phenoxy) is 1. The molecule has 1 heterocycles. The normalized spacial score (nSPS) is 13.9. The van der Waals surface area contributed by atoms with E-state index in [1.54, 1.807) is 0 Å². The lowest BCUT2D eigenvalue weighted by molar-refractivity contribution is 0.487. The molecule has 1 nitrogen and oxygen atoms in total. The molecule has 0 fully saturated rings. The molecule has 0 aromatic heterocycles. The van der Waals surface area contributed by atoms with Gasteiger partial charge < -0.3 is 4.74 Å². The Morgan fingerprint density at radius 3 is 2.10 bits per heavy atom. The first-order valence-electron chi connectivity index (χ1n) is 14.7. The number of fused-ring (bicyclic) bond motifs is 6. The Labute approximate surface area is 245 Å². The van der Waals surface area contributed by atoms with E-state index in [-0.39, 0.29) is 5.41 Å². The highest BCUT2D eigenvalue weighted by Crippen LogP contribution is 2.51. The van der Waals surface area contributed by atoms with Gasteiger partial charge in [0.05, 0.1) is 0 Å². The summed E-state index contributed by atoms with van der Waals surface area (Å²) < 4.78 is 6.51. The average Bonchev–Trinajstić information content (AvgIpc) is 3.26. The molecule has 0 saturated heterocycles. The lowest BCUT2D eigenvalue weighted by Gasteiger charge is -2.23. The Morgan fingerprint density at radius 1 is 0.429 bits per heavy atom. The highest BCUT2D eigenvalue weighted by molar-refractivity contribution is 6.10. The van der Waals surface area contributed by atoms with Crippen LogP contribution >= 0.6 is 0 Å². The third kappa shape index (κ3) is 3.25. The third-order valence-corrected chi connectivity index (χ3v) is 9.45. The summed E-state index contributed by atoms with van der Waals surface area (Å²) in [5, 5.41) is 4.95. The van der Waals surface area contributed by atoms with Gasteiger partial charge in [-0.25, -0.2) is 0 Å². The minimum Gasteiger partial charge on any atom is -0.456 e. The lowest BCUT2D eigenvalue weighted by Crippen LogP contribution is -2.14. The molecule has 2 aliphatic rings. The molecule has 198 valence electrons. The second-order valence-corrected chi connectivity index (χ2v) is 12.1. The fraction of sp³-hybridized carbons (Fsp3) is 0.0732. The van der Waals surface area contributed by atoms with E-state index in [2.05, 4.69) is 147 Å². The molecule has 9 rings (SSSR count). The van der Waals surface area contributed by atoms with Crippen LogP contribution in [0.3, 0.4) is 0 Å². The Kier molecular flexibility index (Phi) is 4.73. The van der Waals surface area contributed by atoms with Gasteiger partial charge in [0.25, 0.3) is 0 Å². The van der Waals surface area contributed by atoms with E-state index >= 15 is 0 Å². The van der Waals surface area contributed by atoms with Gasteiger partial charge in [-0.05, 0) is 103 Å². The van der Waals surface area contributed by atoms with E-state index in [0.29, 0.717) is 0 Å². The van der Waals surface area contributed by atoms with Crippen LogP contribution in [0.25, 0.3) is 66.1 Å². The van der Waals surface area contributed by atoms with Gasteiger partial charge in [-0.15, -0.1) is 0 Å². The smallest absolute Gasteiger partial charge is 0.135 e. The molecular formula is C41H28O. The Balaban J connectivity index is 1.18. The molecule has 0 amide bonds. The predicted molar refractivity (Wildman–Crippen MR) is 175 cm³/mol. The summed E-state index contributed by atoms with van der Waals surface area (Å²) in [5.41, 5.74) is 12.8. The van der Waals surface area contributed by atoms with Crippen molar-refractivity contribution in [3.8, 4) is 56.0 Å². The molecule has 1 heteroatoms. The quantitative estimate of drug-likeness (QED) is 0.213. The van der Waals surface area contributed by atoms with Crippen molar-refractivity contribution in [2.24, 2.45) is 0 Å². The maximum Gasteiger partial charge on any atom is 0.135 e. The molecular weight excluding hydrogens is 508 g/mol. The van der Waals surface area contributed by atoms with Crippen LogP contribution in [0, 0.1) is 0 Å². The van der Waals surface area contributed by atoms with E-state index in [4.69, 9.17) is 4.74 Å².